The summed E-state index contributed by atoms with van der Waals surface area (Å²) in [6.45, 7) is 0.661. The van der Waals surface area contributed by atoms with E-state index < -0.39 is 0 Å². The second-order valence-electron chi connectivity index (χ2n) is 5.03. The molecule has 0 spiro atoms. The molecule has 2 aliphatic rings. The standard InChI is InChI=1S/C10H13N3.C7H4O/c11-6-5-8-7-13(12)10-4-2-1-3-9(8)10;8-7-5-2-1-3-6(7)4-5/h1-4,7H,5-6,11-12H2;1-4H. The van der Waals surface area contributed by atoms with Crippen LogP contribution in [0.1, 0.15) is 21.5 Å². The average molecular weight is 279 g/mol. The van der Waals surface area contributed by atoms with Crippen molar-refractivity contribution in [2.75, 3.05) is 12.4 Å². The Kier molecular flexibility index (Phi) is 3.46. The molecule has 0 radical (unpaired) electrons. The van der Waals surface area contributed by atoms with Crippen molar-refractivity contribution in [2.45, 2.75) is 6.42 Å². The van der Waals surface area contributed by atoms with Crippen molar-refractivity contribution < 1.29 is 4.79 Å². The minimum atomic E-state index is 0.201. The van der Waals surface area contributed by atoms with Crippen LogP contribution in [-0.2, 0) is 6.42 Å². The SMILES string of the molecule is NCCc1cn(N)c2ccccc12.O=C1c2cccc1c2. The van der Waals surface area contributed by atoms with Crippen molar-refractivity contribution in [2.24, 2.45) is 5.73 Å². The summed E-state index contributed by atoms with van der Waals surface area (Å²) in [6, 6.07) is 15.5. The summed E-state index contributed by atoms with van der Waals surface area (Å²) in [4.78, 5) is 10.7. The Labute approximate surface area is 122 Å². The van der Waals surface area contributed by atoms with Gasteiger partial charge >= 0.3 is 0 Å². The first-order valence-corrected chi connectivity index (χ1v) is 6.89. The molecule has 2 bridgehead atoms. The fourth-order valence-electron chi connectivity index (χ4n) is 2.52. The molecule has 21 heavy (non-hydrogen) atoms. The van der Waals surface area contributed by atoms with E-state index in [0.29, 0.717) is 6.54 Å². The van der Waals surface area contributed by atoms with E-state index >= 15 is 0 Å². The number of hydrogen-bond acceptors (Lipinski definition) is 3. The molecule has 4 N–H and O–H groups in total. The van der Waals surface area contributed by atoms with Gasteiger partial charge in [0.2, 0.25) is 0 Å². The van der Waals surface area contributed by atoms with Crippen LogP contribution < -0.4 is 11.6 Å². The van der Waals surface area contributed by atoms with Gasteiger partial charge in [-0.1, -0.05) is 36.4 Å². The van der Waals surface area contributed by atoms with Gasteiger partial charge in [0.25, 0.3) is 0 Å². The van der Waals surface area contributed by atoms with Crippen LogP contribution in [0.15, 0.2) is 54.7 Å². The van der Waals surface area contributed by atoms with Crippen molar-refractivity contribution in [3.8, 4) is 0 Å². The number of hydrogen-bond donors (Lipinski definition) is 2. The first-order chi connectivity index (χ1) is 10.2. The topological polar surface area (TPSA) is 74.0 Å². The van der Waals surface area contributed by atoms with Gasteiger partial charge in [0.15, 0.2) is 5.78 Å². The van der Waals surface area contributed by atoms with Gasteiger partial charge in [0.05, 0.1) is 5.52 Å². The van der Waals surface area contributed by atoms with E-state index in [1.807, 2.05) is 48.7 Å². The Morgan fingerprint density at radius 1 is 1.00 bits per heavy atom. The lowest BCUT2D eigenvalue weighted by atomic mass is 9.92. The maximum absolute atomic E-state index is 10.7. The lowest BCUT2D eigenvalue weighted by molar-refractivity contribution is 0.102. The van der Waals surface area contributed by atoms with Crippen molar-refractivity contribution in [3.05, 3.63) is 71.4 Å². The van der Waals surface area contributed by atoms with Gasteiger partial charge in [-0.15, -0.1) is 0 Å². The molecule has 0 saturated heterocycles. The molecule has 0 atom stereocenters. The molecule has 0 amide bonds. The van der Waals surface area contributed by atoms with Gasteiger partial charge in [0, 0.05) is 22.7 Å². The molecule has 0 aliphatic heterocycles. The van der Waals surface area contributed by atoms with Crippen LogP contribution in [0.25, 0.3) is 10.9 Å². The monoisotopic (exact) mass is 279 g/mol. The first-order valence-electron chi connectivity index (χ1n) is 6.89. The molecule has 1 heterocycles. The minimum absolute atomic E-state index is 0.201. The van der Waals surface area contributed by atoms with E-state index in [-0.39, 0.29) is 5.78 Å². The van der Waals surface area contributed by atoms with Gasteiger partial charge < -0.3 is 11.6 Å². The van der Waals surface area contributed by atoms with E-state index in [2.05, 4.69) is 6.07 Å². The normalized spacial score (nSPS) is 11.8. The number of para-hydroxylation sites is 1. The summed E-state index contributed by atoms with van der Waals surface area (Å²) < 4.78 is 1.65. The van der Waals surface area contributed by atoms with Gasteiger partial charge in [-0.3, -0.25) is 9.47 Å². The quantitative estimate of drug-likeness (QED) is 0.552. The van der Waals surface area contributed by atoms with Crippen LogP contribution >= 0.6 is 0 Å². The summed E-state index contributed by atoms with van der Waals surface area (Å²) in [5, 5.41) is 1.20. The fourth-order valence-corrected chi connectivity index (χ4v) is 2.52. The molecule has 0 fully saturated rings. The Balaban J connectivity index is 0.000000140. The predicted molar refractivity (Wildman–Crippen MR) is 84.7 cm³/mol. The van der Waals surface area contributed by atoms with Crippen LogP contribution in [0.2, 0.25) is 0 Å². The Hall–Kier alpha value is -2.59. The summed E-state index contributed by atoms with van der Waals surface area (Å²) in [6.07, 6.45) is 2.82. The van der Waals surface area contributed by atoms with E-state index in [1.165, 1.54) is 10.9 Å². The molecule has 1 aromatic heterocycles. The van der Waals surface area contributed by atoms with Crippen LogP contribution in [0.4, 0.5) is 0 Å². The molecule has 5 rings (SSSR count). The zero-order chi connectivity index (χ0) is 14.8. The molecular weight excluding hydrogens is 262 g/mol. The predicted octanol–water partition coefficient (Wildman–Crippen LogP) is 2.09. The van der Waals surface area contributed by atoms with Crippen molar-refractivity contribution in [3.63, 3.8) is 0 Å². The molecule has 4 nitrogen and oxygen atoms in total. The molecule has 0 unspecified atom stereocenters. The Morgan fingerprint density at radius 3 is 2.29 bits per heavy atom. The first kappa shape index (κ1) is 13.4. The van der Waals surface area contributed by atoms with Crippen LogP contribution in [0.5, 0.6) is 0 Å². The molecule has 106 valence electrons. The number of benzene rings is 2. The number of carbonyl (C=O) groups excluding carboxylic acids is 1. The van der Waals surface area contributed by atoms with E-state index in [9.17, 15) is 4.79 Å². The highest BCUT2D eigenvalue weighted by molar-refractivity contribution is 6.16. The van der Waals surface area contributed by atoms with Crippen molar-refractivity contribution in [1.29, 1.82) is 0 Å². The second-order valence-corrected chi connectivity index (χ2v) is 5.03. The van der Waals surface area contributed by atoms with Crippen molar-refractivity contribution >= 4 is 16.7 Å². The van der Waals surface area contributed by atoms with Gasteiger partial charge in [0.1, 0.15) is 0 Å². The smallest absolute Gasteiger partial charge is 0.193 e. The molecular formula is C17H17N3O. The van der Waals surface area contributed by atoms with Crippen LogP contribution in [0, 0.1) is 0 Å². The summed E-state index contributed by atoms with van der Waals surface area (Å²) in [5.41, 5.74) is 9.49. The zero-order valence-corrected chi connectivity index (χ0v) is 11.6. The molecule has 4 heteroatoms. The maximum Gasteiger partial charge on any atom is 0.193 e. The van der Waals surface area contributed by atoms with Gasteiger partial charge in [-0.05, 0) is 30.7 Å². The number of carbonyl (C=O) groups is 1. The van der Waals surface area contributed by atoms with Crippen LogP contribution in [0.3, 0.4) is 0 Å². The number of ketones is 1. The highest BCUT2D eigenvalue weighted by Crippen LogP contribution is 2.20. The van der Waals surface area contributed by atoms with E-state index in [0.717, 1.165) is 23.1 Å². The Morgan fingerprint density at radius 2 is 1.71 bits per heavy atom. The number of nitrogens with two attached hydrogens (primary N) is 2. The molecule has 2 aromatic carbocycles. The third-order valence-corrected chi connectivity index (χ3v) is 3.62. The van der Waals surface area contributed by atoms with Crippen LogP contribution in [-0.4, -0.2) is 17.0 Å². The number of nitrogen functional groups attached to an aromatic ring is 1. The molecule has 0 saturated carbocycles. The van der Waals surface area contributed by atoms with Gasteiger partial charge in [-0.2, -0.15) is 0 Å². The van der Waals surface area contributed by atoms with Gasteiger partial charge in [-0.25, -0.2) is 0 Å². The van der Waals surface area contributed by atoms with E-state index in [1.54, 1.807) is 4.68 Å². The highest BCUT2D eigenvalue weighted by Gasteiger charge is 2.17. The highest BCUT2D eigenvalue weighted by atomic mass is 16.1. The number of rotatable bonds is 2. The summed E-state index contributed by atoms with van der Waals surface area (Å²) in [5.74, 6) is 5.98. The van der Waals surface area contributed by atoms with Crippen molar-refractivity contribution in [1.82, 2.24) is 4.68 Å². The Bertz CT molecular complexity index is 776. The lowest BCUT2D eigenvalue weighted by Gasteiger charge is -2.10. The minimum Gasteiger partial charge on any atom is -0.339 e. The zero-order valence-electron chi connectivity index (χ0n) is 11.6. The second kappa shape index (κ2) is 5.42. The summed E-state index contributed by atoms with van der Waals surface area (Å²) >= 11 is 0. The largest absolute Gasteiger partial charge is 0.339 e. The number of nitrogens with zero attached hydrogens (tertiary/aromatic N) is 1. The molecule has 2 aliphatic carbocycles. The number of aromatic nitrogens is 1. The maximum atomic E-state index is 10.7. The number of fused-ring (bicyclic) bond motifs is 3. The third-order valence-electron chi connectivity index (χ3n) is 3.62. The molecule has 3 aromatic rings. The van der Waals surface area contributed by atoms with E-state index in [4.69, 9.17) is 11.6 Å². The summed E-state index contributed by atoms with van der Waals surface area (Å²) in [7, 11) is 0. The average Bonchev–Trinajstić information content (AvgIpc) is 2.85. The lowest BCUT2D eigenvalue weighted by Crippen LogP contribution is -2.10. The third kappa shape index (κ3) is 2.41. The fraction of sp³-hybridized carbons (Fsp3) is 0.118.